The molecule has 1 aromatic heterocycles. The van der Waals surface area contributed by atoms with E-state index in [0.717, 1.165) is 16.3 Å². The van der Waals surface area contributed by atoms with E-state index in [-0.39, 0.29) is 5.91 Å². The minimum atomic E-state index is -0.312. The van der Waals surface area contributed by atoms with Crippen LogP contribution in [0.3, 0.4) is 0 Å². The second kappa shape index (κ2) is 6.70. The van der Waals surface area contributed by atoms with Crippen molar-refractivity contribution in [2.24, 2.45) is 5.10 Å². The minimum absolute atomic E-state index is 0.312. The van der Waals surface area contributed by atoms with Crippen LogP contribution in [0.5, 0.6) is 5.75 Å². The molecule has 1 N–H and O–H groups in total. The largest absolute Gasteiger partial charge is 0.496 e. The first-order valence-electron chi connectivity index (χ1n) is 7.09. The molecule has 0 aliphatic heterocycles. The van der Waals surface area contributed by atoms with Gasteiger partial charge >= 0.3 is 0 Å². The molecule has 114 valence electrons. The summed E-state index contributed by atoms with van der Waals surface area (Å²) in [6.45, 7) is 0. The Hall–Kier alpha value is -3.21. The summed E-state index contributed by atoms with van der Waals surface area (Å²) >= 11 is 0. The second-order valence-electron chi connectivity index (χ2n) is 4.84. The van der Waals surface area contributed by atoms with Crippen molar-refractivity contribution in [2.45, 2.75) is 0 Å². The van der Waals surface area contributed by atoms with Gasteiger partial charge in [0, 0.05) is 18.0 Å². The number of hydrazone groups is 1. The third-order valence-corrected chi connectivity index (χ3v) is 3.43. The third kappa shape index (κ3) is 3.18. The molecule has 3 aromatic rings. The maximum absolute atomic E-state index is 12.0. The van der Waals surface area contributed by atoms with Gasteiger partial charge in [-0.3, -0.25) is 9.78 Å². The van der Waals surface area contributed by atoms with Crippen LogP contribution in [0.2, 0.25) is 0 Å². The number of fused-ring (bicyclic) bond motifs is 1. The van der Waals surface area contributed by atoms with Crippen molar-refractivity contribution in [3.63, 3.8) is 0 Å². The Balaban J connectivity index is 1.87. The van der Waals surface area contributed by atoms with Gasteiger partial charge in [0.1, 0.15) is 5.75 Å². The van der Waals surface area contributed by atoms with Crippen molar-refractivity contribution in [1.82, 2.24) is 10.4 Å². The molecule has 23 heavy (non-hydrogen) atoms. The maximum Gasteiger partial charge on any atom is 0.272 e. The lowest BCUT2D eigenvalue weighted by Gasteiger charge is -2.08. The summed E-state index contributed by atoms with van der Waals surface area (Å²) in [5.74, 6) is 0.386. The molecular weight excluding hydrogens is 290 g/mol. The Morgan fingerprint density at radius 2 is 2.04 bits per heavy atom. The van der Waals surface area contributed by atoms with Gasteiger partial charge in [-0.05, 0) is 29.0 Å². The number of rotatable bonds is 4. The Labute approximate surface area is 133 Å². The van der Waals surface area contributed by atoms with E-state index in [1.807, 2.05) is 36.4 Å². The topological polar surface area (TPSA) is 63.6 Å². The first kappa shape index (κ1) is 14.7. The van der Waals surface area contributed by atoms with Crippen LogP contribution < -0.4 is 10.2 Å². The zero-order valence-electron chi connectivity index (χ0n) is 12.6. The molecule has 0 bridgehead atoms. The van der Waals surface area contributed by atoms with Crippen LogP contribution in [-0.4, -0.2) is 24.2 Å². The Bertz CT molecular complexity index is 861. The molecule has 0 radical (unpaired) electrons. The molecule has 5 heteroatoms. The highest BCUT2D eigenvalue weighted by Crippen LogP contribution is 2.26. The predicted octanol–water partition coefficient (Wildman–Crippen LogP) is 3.01. The fourth-order valence-corrected chi connectivity index (χ4v) is 2.30. The lowest BCUT2D eigenvalue weighted by molar-refractivity contribution is 0.0955. The molecule has 5 nitrogen and oxygen atoms in total. The minimum Gasteiger partial charge on any atom is -0.496 e. The highest BCUT2D eigenvalue weighted by molar-refractivity contribution is 6.03. The molecule has 0 aliphatic rings. The monoisotopic (exact) mass is 305 g/mol. The third-order valence-electron chi connectivity index (χ3n) is 3.43. The number of methoxy groups -OCH3 is 1. The SMILES string of the molecule is COc1ccc2ccccc2c1/C=N\NC(=O)c1cccnc1. The summed E-state index contributed by atoms with van der Waals surface area (Å²) < 4.78 is 5.38. The highest BCUT2D eigenvalue weighted by atomic mass is 16.5. The maximum atomic E-state index is 12.0. The molecule has 0 fully saturated rings. The van der Waals surface area contributed by atoms with Gasteiger partial charge in [0.05, 0.1) is 18.9 Å². The number of carbonyl (C=O) groups excluding carboxylic acids is 1. The Morgan fingerprint density at radius 3 is 2.83 bits per heavy atom. The van der Waals surface area contributed by atoms with Crippen LogP contribution >= 0.6 is 0 Å². The number of benzene rings is 2. The van der Waals surface area contributed by atoms with Crippen LogP contribution in [0.1, 0.15) is 15.9 Å². The summed E-state index contributed by atoms with van der Waals surface area (Å²) in [5.41, 5.74) is 3.77. The van der Waals surface area contributed by atoms with Crippen molar-refractivity contribution in [1.29, 1.82) is 0 Å². The van der Waals surface area contributed by atoms with Gasteiger partial charge in [0.25, 0.3) is 5.91 Å². The summed E-state index contributed by atoms with van der Waals surface area (Å²) in [7, 11) is 1.61. The number of pyridine rings is 1. The summed E-state index contributed by atoms with van der Waals surface area (Å²) in [4.78, 5) is 15.9. The first-order valence-corrected chi connectivity index (χ1v) is 7.09. The quantitative estimate of drug-likeness (QED) is 0.595. The molecule has 0 spiro atoms. The van der Waals surface area contributed by atoms with Crippen LogP contribution in [0, 0.1) is 0 Å². The number of amides is 1. The van der Waals surface area contributed by atoms with Crippen LogP contribution in [0.15, 0.2) is 66.0 Å². The molecule has 1 amide bonds. The number of ether oxygens (including phenoxy) is 1. The van der Waals surface area contributed by atoms with Crippen molar-refractivity contribution in [3.05, 3.63) is 72.1 Å². The van der Waals surface area contributed by atoms with Gasteiger partial charge < -0.3 is 4.74 Å². The smallest absolute Gasteiger partial charge is 0.272 e. The van der Waals surface area contributed by atoms with E-state index in [4.69, 9.17) is 4.74 Å². The fourth-order valence-electron chi connectivity index (χ4n) is 2.30. The van der Waals surface area contributed by atoms with Crippen molar-refractivity contribution >= 4 is 22.9 Å². The van der Waals surface area contributed by atoms with E-state index in [2.05, 4.69) is 15.5 Å². The molecule has 0 saturated heterocycles. The van der Waals surface area contributed by atoms with E-state index in [1.54, 1.807) is 31.7 Å². The number of aromatic nitrogens is 1. The molecule has 3 rings (SSSR count). The number of hydrogen-bond acceptors (Lipinski definition) is 4. The fraction of sp³-hybridized carbons (Fsp3) is 0.0556. The van der Waals surface area contributed by atoms with Gasteiger partial charge in [-0.2, -0.15) is 5.10 Å². The van der Waals surface area contributed by atoms with Crippen LogP contribution in [0.4, 0.5) is 0 Å². The molecule has 0 atom stereocenters. The van der Waals surface area contributed by atoms with Gasteiger partial charge in [0.2, 0.25) is 0 Å². The molecule has 0 saturated carbocycles. The first-order chi connectivity index (χ1) is 11.3. The highest BCUT2D eigenvalue weighted by Gasteiger charge is 2.07. The average molecular weight is 305 g/mol. The average Bonchev–Trinajstić information content (AvgIpc) is 2.62. The summed E-state index contributed by atoms with van der Waals surface area (Å²) in [5, 5.41) is 6.13. The number of carbonyl (C=O) groups is 1. The van der Waals surface area contributed by atoms with E-state index in [0.29, 0.717) is 11.3 Å². The molecule has 1 heterocycles. The van der Waals surface area contributed by atoms with E-state index >= 15 is 0 Å². The molecule has 0 unspecified atom stereocenters. The van der Waals surface area contributed by atoms with Crippen molar-refractivity contribution in [2.75, 3.05) is 7.11 Å². The molecule has 0 aliphatic carbocycles. The number of nitrogens with zero attached hydrogens (tertiary/aromatic N) is 2. The normalized spacial score (nSPS) is 10.8. The van der Waals surface area contributed by atoms with Crippen LogP contribution in [0.25, 0.3) is 10.8 Å². The Kier molecular flexibility index (Phi) is 4.29. The van der Waals surface area contributed by atoms with Crippen molar-refractivity contribution < 1.29 is 9.53 Å². The van der Waals surface area contributed by atoms with E-state index < -0.39 is 0 Å². The van der Waals surface area contributed by atoms with E-state index in [1.165, 1.54) is 6.20 Å². The van der Waals surface area contributed by atoms with Crippen molar-refractivity contribution in [3.8, 4) is 5.75 Å². The van der Waals surface area contributed by atoms with Crippen LogP contribution in [-0.2, 0) is 0 Å². The lowest BCUT2D eigenvalue weighted by atomic mass is 10.0. The van der Waals surface area contributed by atoms with Gasteiger partial charge in [-0.1, -0.05) is 30.3 Å². The second-order valence-corrected chi connectivity index (χ2v) is 4.84. The predicted molar refractivity (Wildman–Crippen MR) is 89.8 cm³/mol. The van der Waals surface area contributed by atoms with E-state index in [9.17, 15) is 4.79 Å². The standard InChI is InChI=1S/C18H15N3O2/c1-23-17-9-8-13-5-2-3-7-15(13)16(17)12-20-21-18(22)14-6-4-10-19-11-14/h2-12H,1H3,(H,21,22)/b20-12-. The molecule has 2 aromatic carbocycles. The Morgan fingerprint density at radius 1 is 1.17 bits per heavy atom. The van der Waals surface area contributed by atoms with Gasteiger partial charge in [-0.25, -0.2) is 5.43 Å². The number of hydrogen-bond donors (Lipinski definition) is 1. The summed E-state index contributed by atoms with van der Waals surface area (Å²) in [6.07, 6.45) is 4.69. The molecular formula is C18H15N3O2. The lowest BCUT2D eigenvalue weighted by Crippen LogP contribution is -2.17. The summed E-state index contributed by atoms with van der Waals surface area (Å²) in [6, 6.07) is 15.2. The zero-order valence-corrected chi connectivity index (χ0v) is 12.6. The van der Waals surface area contributed by atoms with Gasteiger partial charge in [0.15, 0.2) is 0 Å². The number of nitrogens with one attached hydrogen (secondary N) is 1. The zero-order chi connectivity index (χ0) is 16.1. The van der Waals surface area contributed by atoms with Gasteiger partial charge in [-0.15, -0.1) is 0 Å².